The van der Waals surface area contributed by atoms with E-state index in [-0.39, 0.29) is 11.7 Å². The molecule has 2 atom stereocenters. The van der Waals surface area contributed by atoms with Crippen LogP contribution in [0.2, 0.25) is 0 Å². The molecule has 2 unspecified atom stereocenters. The molecular weight excluding hydrogens is 270 g/mol. The molecule has 0 bridgehead atoms. The standard InChI is InChI=1S/C15H21N3OS/c1-17-8-2-4-11(17)10-18-13(12-5-3-9-20-12)16-15(6-7-15)14(18)19/h3,5,9,11,13,16H,2,4,6-8,10H2,1H3. The van der Waals surface area contributed by atoms with Gasteiger partial charge in [-0.1, -0.05) is 6.07 Å². The third-order valence-corrected chi connectivity index (χ3v) is 5.96. The molecule has 4 rings (SSSR count). The number of carbonyl (C=O) groups is 1. The molecule has 1 saturated carbocycles. The monoisotopic (exact) mass is 291 g/mol. The van der Waals surface area contributed by atoms with Crippen molar-refractivity contribution in [1.82, 2.24) is 15.1 Å². The fraction of sp³-hybridized carbons (Fsp3) is 0.667. The van der Waals surface area contributed by atoms with Crippen LogP contribution in [0.15, 0.2) is 17.5 Å². The highest BCUT2D eigenvalue weighted by atomic mass is 32.1. The van der Waals surface area contributed by atoms with Gasteiger partial charge in [0.1, 0.15) is 11.7 Å². The molecule has 0 aromatic carbocycles. The number of hydrogen-bond acceptors (Lipinski definition) is 4. The number of nitrogens with zero attached hydrogens (tertiary/aromatic N) is 2. The molecule has 3 fully saturated rings. The first-order chi connectivity index (χ1) is 9.70. The fourth-order valence-corrected chi connectivity index (χ4v) is 4.36. The van der Waals surface area contributed by atoms with Crippen LogP contribution in [0.3, 0.4) is 0 Å². The van der Waals surface area contributed by atoms with Crippen LogP contribution in [0.5, 0.6) is 0 Å². The first kappa shape index (κ1) is 12.8. The summed E-state index contributed by atoms with van der Waals surface area (Å²) in [5.41, 5.74) is -0.216. The minimum Gasteiger partial charge on any atom is -0.319 e. The van der Waals surface area contributed by atoms with Crippen LogP contribution < -0.4 is 5.32 Å². The van der Waals surface area contributed by atoms with E-state index in [1.54, 1.807) is 11.3 Å². The van der Waals surface area contributed by atoms with E-state index >= 15 is 0 Å². The van der Waals surface area contributed by atoms with E-state index in [2.05, 4.69) is 39.7 Å². The molecule has 1 aromatic rings. The SMILES string of the molecule is CN1CCCC1CN1C(=O)C2(CC2)NC1c1cccs1. The number of likely N-dealkylation sites (N-methyl/N-ethyl adjacent to an activating group) is 1. The summed E-state index contributed by atoms with van der Waals surface area (Å²) in [6, 6.07) is 4.74. The molecule has 3 aliphatic rings. The summed E-state index contributed by atoms with van der Waals surface area (Å²) in [7, 11) is 2.18. The minimum absolute atomic E-state index is 0.0963. The van der Waals surface area contributed by atoms with Crippen molar-refractivity contribution in [3.8, 4) is 0 Å². The summed E-state index contributed by atoms with van der Waals surface area (Å²) < 4.78 is 0. The van der Waals surface area contributed by atoms with Gasteiger partial charge in [-0.15, -0.1) is 11.3 Å². The maximum atomic E-state index is 12.7. The number of nitrogens with one attached hydrogen (secondary N) is 1. The molecule has 1 aromatic heterocycles. The van der Waals surface area contributed by atoms with E-state index in [0.29, 0.717) is 11.9 Å². The summed E-state index contributed by atoms with van der Waals surface area (Å²) in [4.78, 5) is 18.5. The maximum absolute atomic E-state index is 12.7. The Labute approximate surface area is 123 Å². The summed E-state index contributed by atoms with van der Waals surface area (Å²) >= 11 is 1.74. The van der Waals surface area contributed by atoms with Crippen LogP contribution in [-0.2, 0) is 4.79 Å². The van der Waals surface area contributed by atoms with Gasteiger partial charge < -0.3 is 9.80 Å². The molecule has 4 nitrogen and oxygen atoms in total. The van der Waals surface area contributed by atoms with Crippen LogP contribution in [0.4, 0.5) is 0 Å². The van der Waals surface area contributed by atoms with Crippen molar-refractivity contribution in [2.75, 3.05) is 20.1 Å². The van der Waals surface area contributed by atoms with Gasteiger partial charge in [0.25, 0.3) is 0 Å². The van der Waals surface area contributed by atoms with Crippen LogP contribution >= 0.6 is 11.3 Å². The van der Waals surface area contributed by atoms with Gasteiger partial charge in [-0.05, 0) is 50.7 Å². The average Bonchev–Trinajstić information content (AvgIpc) is 2.79. The number of carbonyl (C=O) groups excluding carboxylic acids is 1. The van der Waals surface area contributed by atoms with E-state index in [1.807, 2.05) is 0 Å². The van der Waals surface area contributed by atoms with E-state index in [0.717, 1.165) is 25.9 Å². The van der Waals surface area contributed by atoms with Gasteiger partial charge in [0.05, 0.1) is 0 Å². The molecule has 1 aliphatic carbocycles. The lowest BCUT2D eigenvalue weighted by atomic mass is 10.2. The van der Waals surface area contributed by atoms with Gasteiger partial charge in [-0.3, -0.25) is 10.1 Å². The van der Waals surface area contributed by atoms with E-state index in [1.165, 1.54) is 17.7 Å². The molecule has 1 amide bonds. The molecule has 1 spiro atoms. The van der Waals surface area contributed by atoms with Crippen LogP contribution in [0, 0.1) is 0 Å². The highest BCUT2D eigenvalue weighted by Crippen LogP contribution is 2.46. The smallest absolute Gasteiger partial charge is 0.244 e. The largest absolute Gasteiger partial charge is 0.319 e. The Kier molecular flexibility index (Phi) is 2.91. The average molecular weight is 291 g/mol. The third-order valence-electron chi connectivity index (χ3n) is 5.04. The van der Waals surface area contributed by atoms with Gasteiger partial charge in [-0.25, -0.2) is 0 Å². The zero-order valence-electron chi connectivity index (χ0n) is 11.8. The third kappa shape index (κ3) is 1.91. The van der Waals surface area contributed by atoms with Crippen molar-refractivity contribution < 1.29 is 4.79 Å². The first-order valence-corrected chi connectivity index (χ1v) is 8.40. The topological polar surface area (TPSA) is 35.6 Å². The van der Waals surface area contributed by atoms with Crippen molar-refractivity contribution in [2.24, 2.45) is 0 Å². The molecule has 2 saturated heterocycles. The lowest BCUT2D eigenvalue weighted by molar-refractivity contribution is -0.131. The van der Waals surface area contributed by atoms with Gasteiger partial charge in [-0.2, -0.15) is 0 Å². The Morgan fingerprint density at radius 3 is 2.95 bits per heavy atom. The highest BCUT2D eigenvalue weighted by molar-refractivity contribution is 7.10. The zero-order valence-corrected chi connectivity index (χ0v) is 12.7. The number of amides is 1. The minimum atomic E-state index is -0.216. The highest BCUT2D eigenvalue weighted by Gasteiger charge is 2.59. The second-order valence-electron chi connectivity index (χ2n) is 6.38. The Morgan fingerprint density at radius 1 is 1.50 bits per heavy atom. The second kappa shape index (κ2) is 4.55. The molecule has 0 radical (unpaired) electrons. The van der Waals surface area contributed by atoms with E-state index in [4.69, 9.17) is 0 Å². The molecule has 5 heteroatoms. The lowest BCUT2D eigenvalue weighted by Crippen LogP contribution is -2.41. The Bertz CT molecular complexity index is 511. The summed E-state index contributed by atoms with van der Waals surface area (Å²) in [6.45, 7) is 2.03. The number of rotatable bonds is 3. The fourth-order valence-electron chi connectivity index (χ4n) is 3.57. The molecule has 3 heterocycles. The van der Waals surface area contributed by atoms with Gasteiger partial charge in [0.15, 0.2) is 0 Å². The summed E-state index contributed by atoms with van der Waals surface area (Å²) in [6.07, 6.45) is 4.57. The summed E-state index contributed by atoms with van der Waals surface area (Å²) in [5, 5.41) is 5.70. The molecule has 108 valence electrons. The number of likely N-dealkylation sites (tertiary alicyclic amines) is 1. The van der Waals surface area contributed by atoms with Crippen molar-refractivity contribution in [2.45, 2.75) is 43.4 Å². The Balaban J connectivity index is 1.59. The van der Waals surface area contributed by atoms with Gasteiger partial charge in [0, 0.05) is 17.5 Å². The Morgan fingerprint density at radius 2 is 2.35 bits per heavy atom. The summed E-state index contributed by atoms with van der Waals surface area (Å²) in [5.74, 6) is 0.330. The second-order valence-corrected chi connectivity index (χ2v) is 7.36. The van der Waals surface area contributed by atoms with Crippen molar-refractivity contribution in [3.05, 3.63) is 22.4 Å². The predicted molar refractivity (Wildman–Crippen MR) is 79.5 cm³/mol. The Hall–Kier alpha value is -0.910. The molecule has 1 N–H and O–H groups in total. The van der Waals surface area contributed by atoms with Crippen LogP contribution in [0.25, 0.3) is 0 Å². The zero-order chi connectivity index (χ0) is 13.7. The lowest BCUT2D eigenvalue weighted by Gasteiger charge is -2.29. The van der Waals surface area contributed by atoms with Crippen molar-refractivity contribution in [1.29, 1.82) is 0 Å². The first-order valence-electron chi connectivity index (χ1n) is 7.52. The van der Waals surface area contributed by atoms with Crippen molar-refractivity contribution >= 4 is 17.2 Å². The van der Waals surface area contributed by atoms with Crippen molar-refractivity contribution in [3.63, 3.8) is 0 Å². The van der Waals surface area contributed by atoms with Crippen LogP contribution in [0.1, 0.15) is 36.7 Å². The normalized spacial score (nSPS) is 32.5. The molecule has 20 heavy (non-hydrogen) atoms. The van der Waals surface area contributed by atoms with E-state index < -0.39 is 0 Å². The van der Waals surface area contributed by atoms with Crippen LogP contribution in [-0.4, -0.2) is 47.4 Å². The predicted octanol–water partition coefficient (Wildman–Crippen LogP) is 1.81. The van der Waals surface area contributed by atoms with Gasteiger partial charge in [0.2, 0.25) is 5.91 Å². The number of hydrogen-bond donors (Lipinski definition) is 1. The van der Waals surface area contributed by atoms with Gasteiger partial charge >= 0.3 is 0 Å². The number of thiophene rings is 1. The quantitative estimate of drug-likeness (QED) is 0.922. The molecular formula is C15H21N3OS. The van der Waals surface area contributed by atoms with E-state index in [9.17, 15) is 4.79 Å². The molecule has 2 aliphatic heterocycles. The maximum Gasteiger partial charge on any atom is 0.244 e.